The van der Waals surface area contributed by atoms with Crippen LogP contribution in [0.2, 0.25) is 0 Å². The number of β-amino-alcohol motifs (C(OH)–C–C–N with tert-alkyl or cyclic N) is 1. The van der Waals surface area contributed by atoms with Crippen LogP contribution in [0.4, 0.5) is 0 Å². The van der Waals surface area contributed by atoms with E-state index in [2.05, 4.69) is 4.90 Å². The topological polar surface area (TPSA) is 23.5 Å². The zero-order chi connectivity index (χ0) is 6.20. The summed E-state index contributed by atoms with van der Waals surface area (Å²) in [6.07, 6.45) is 0. The first-order valence-corrected chi connectivity index (χ1v) is 2.90. The van der Waals surface area contributed by atoms with Gasteiger partial charge in [-0.15, -0.1) is 0 Å². The first-order chi connectivity index (χ1) is 3.64. The molecule has 1 aliphatic rings. The molecular formula is C6H12NO. The molecule has 0 spiro atoms. The standard InChI is InChI=1S/C6H12NO/c1-3-7-4-6(2,8)5-7/h3,8H,4-5H2,1-2H3. The van der Waals surface area contributed by atoms with Crippen molar-refractivity contribution in [1.82, 2.24) is 4.90 Å². The van der Waals surface area contributed by atoms with Gasteiger partial charge in [-0.2, -0.15) is 0 Å². The van der Waals surface area contributed by atoms with Gasteiger partial charge in [0.25, 0.3) is 0 Å². The Balaban J connectivity index is 2.21. The van der Waals surface area contributed by atoms with Crippen LogP contribution in [0.5, 0.6) is 0 Å². The third-order valence-corrected chi connectivity index (χ3v) is 1.45. The van der Waals surface area contributed by atoms with Gasteiger partial charge in [-0.05, 0) is 13.8 Å². The van der Waals surface area contributed by atoms with E-state index in [-0.39, 0.29) is 0 Å². The summed E-state index contributed by atoms with van der Waals surface area (Å²) in [5.41, 5.74) is -0.410. The maximum atomic E-state index is 9.15. The van der Waals surface area contributed by atoms with Crippen molar-refractivity contribution in [2.45, 2.75) is 19.4 Å². The van der Waals surface area contributed by atoms with Crippen molar-refractivity contribution in [3.8, 4) is 0 Å². The van der Waals surface area contributed by atoms with Crippen molar-refractivity contribution < 1.29 is 5.11 Å². The lowest BCUT2D eigenvalue weighted by Gasteiger charge is -2.43. The lowest BCUT2D eigenvalue weighted by atomic mass is 9.97. The van der Waals surface area contributed by atoms with Gasteiger partial charge in [0.15, 0.2) is 0 Å². The van der Waals surface area contributed by atoms with Crippen molar-refractivity contribution in [2.75, 3.05) is 13.1 Å². The fraction of sp³-hybridized carbons (Fsp3) is 0.833. The van der Waals surface area contributed by atoms with E-state index in [1.807, 2.05) is 20.4 Å². The van der Waals surface area contributed by atoms with Gasteiger partial charge < -0.3 is 5.11 Å². The molecule has 0 aromatic carbocycles. The van der Waals surface area contributed by atoms with Gasteiger partial charge in [0.1, 0.15) is 0 Å². The monoisotopic (exact) mass is 114 g/mol. The fourth-order valence-corrected chi connectivity index (χ4v) is 1.01. The van der Waals surface area contributed by atoms with Crippen LogP contribution in [0.1, 0.15) is 13.8 Å². The molecule has 0 atom stereocenters. The molecular weight excluding hydrogens is 102 g/mol. The zero-order valence-corrected chi connectivity index (χ0v) is 5.39. The molecule has 1 fully saturated rings. The van der Waals surface area contributed by atoms with Crippen molar-refractivity contribution >= 4 is 0 Å². The predicted molar refractivity (Wildman–Crippen MR) is 32.2 cm³/mol. The van der Waals surface area contributed by atoms with Gasteiger partial charge in [0.2, 0.25) is 0 Å². The van der Waals surface area contributed by atoms with Gasteiger partial charge in [-0.25, -0.2) is 0 Å². The highest BCUT2D eigenvalue weighted by atomic mass is 16.3. The average Bonchev–Trinajstić information content (AvgIpc) is 1.60. The molecule has 1 rings (SSSR count). The predicted octanol–water partition coefficient (Wildman–Crippen LogP) is 0.235. The number of hydrogen-bond acceptors (Lipinski definition) is 2. The van der Waals surface area contributed by atoms with E-state index < -0.39 is 5.60 Å². The minimum atomic E-state index is -0.410. The van der Waals surface area contributed by atoms with Gasteiger partial charge in [0.05, 0.1) is 5.60 Å². The van der Waals surface area contributed by atoms with Crippen molar-refractivity contribution in [1.29, 1.82) is 0 Å². The van der Waals surface area contributed by atoms with Crippen LogP contribution < -0.4 is 0 Å². The van der Waals surface area contributed by atoms with Crippen LogP contribution in [-0.2, 0) is 0 Å². The SMILES string of the molecule is C[CH]N1CC(C)(O)C1. The Morgan fingerprint density at radius 1 is 1.62 bits per heavy atom. The molecule has 1 radical (unpaired) electrons. The lowest BCUT2D eigenvalue weighted by molar-refractivity contribution is -0.0685. The first kappa shape index (κ1) is 6.05. The molecule has 47 valence electrons. The molecule has 1 N–H and O–H groups in total. The minimum Gasteiger partial charge on any atom is -0.388 e. The van der Waals surface area contributed by atoms with Crippen LogP contribution in [-0.4, -0.2) is 28.7 Å². The summed E-state index contributed by atoms with van der Waals surface area (Å²) in [4.78, 5) is 2.08. The number of nitrogens with zero attached hydrogens (tertiary/aromatic N) is 1. The molecule has 0 unspecified atom stereocenters. The maximum absolute atomic E-state index is 9.15. The summed E-state index contributed by atoms with van der Waals surface area (Å²) in [7, 11) is 0. The molecule has 1 aliphatic heterocycles. The van der Waals surface area contributed by atoms with E-state index in [4.69, 9.17) is 5.11 Å². The highest BCUT2D eigenvalue weighted by Crippen LogP contribution is 2.19. The molecule has 8 heavy (non-hydrogen) atoms. The fourth-order valence-electron chi connectivity index (χ4n) is 1.01. The molecule has 0 aromatic rings. The summed E-state index contributed by atoms with van der Waals surface area (Å²) < 4.78 is 0. The second-order valence-electron chi connectivity index (χ2n) is 2.66. The van der Waals surface area contributed by atoms with Crippen molar-refractivity contribution in [2.24, 2.45) is 0 Å². The van der Waals surface area contributed by atoms with Crippen LogP contribution in [0.25, 0.3) is 0 Å². The van der Waals surface area contributed by atoms with Gasteiger partial charge in [-0.1, -0.05) is 0 Å². The lowest BCUT2D eigenvalue weighted by Crippen LogP contribution is -2.58. The highest BCUT2D eigenvalue weighted by Gasteiger charge is 2.34. The van der Waals surface area contributed by atoms with E-state index in [1.165, 1.54) is 0 Å². The number of likely N-dealkylation sites (tertiary alicyclic amines) is 1. The summed E-state index contributed by atoms with van der Waals surface area (Å²) >= 11 is 0. The highest BCUT2D eigenvalue weighted by molar-refractivity contribution is 4.93. The molecule has 0 aromatic heterocycles. The summed E-state index contributed by atoms with van der Waals surface area (Å²) in [5, 5.41) is 9.15. The Morgan fingerprint density at radius 3 is 2.25 bits per heavy atom. The van der Waals surface area contributed by atoms with Crippen LogP contribution in [0.15, 0.2) is 0 Å². The van der Waals surface area contributed by atoms with Crippen LogP contribution in [0, 0.1) is 6.54 Å². The zero-order valence-electron chi connectivity index (χ0n) is 5.39. The Bertz CT molecular complexity index is 82.5. The van der Waals surface area contributed by atoms with E-state index in [0.29, 0.717) is 0 Å². The molecule has 0 bridgehead atoms. The third-order valence-electron chi connectivity index (χ3n) is 1.45. The second kappa shape index (κ2) is 1.71. The van der Waals surface area contributed by atoms with E-state index >= 15 is 0 Å². The third kappa shape index (κ3) is 1.01. The van der Waals surface area contributed by atoms with Crippen molar-refractivity contribution in [3.05, 3.63) is 6.54 Å². The molecule has 0 aliphatic carbocycles. The Morgan fingerprint density at radius 2 is 2.12 bits per heavy atom. The summed E-state index contributed by atoms with van der Waals surface area (Å²) in [6, 6.07) is 0. The van der Waals surface area contributed by atoms with Gasteiger partial charge in [-0.3, -0.25) is 4.90 Å². The number of rotatable bonds is 1. The van der Waals surface area contributed by atoms with Crippen LogP contribution in [0.3, 0.4) is 0 Å². The minimum absolute atomic E-state index is 0.410. The van der Waals surface area contributed by atoms with E-state index in [1.54, 1.807) is 0 Å². The molecule has 2 heteroatoms. The van der Waals surface area contributed by atoms with E-state index in [9.17, 15) is 0 Å². The van der Waals surface area contributed by atoms with Crippen molar-refractivity contribution in [3.63, 3.8) is 0 Å². The summed E-state index contributed by atoms with van der Waals surface area (Å²) in [5.74, 6) is 0. The molecule has 0 saturated carbocycles. The second-order valence-corrected chi connectivity index (χ2v) is 2.66. The Kier molecular flexibility index (Phi) is 1.29. The average molecular weight is 114 g/mol. The number of hydrogen-bond donors (Lipinski definition) is 1. The maximum Gasteiger partial charge on any atom is 0.0872 e. The smallest absolute Gasteiger partial charge is 0.0872 e. The molecule has 1 saturated heterocycles. The number of aliphatic hydroxyl groups is 1. The summed E-state index contributed by atoms with van der Waals surface area (Å²) in [6.45, 7) is 7.42. The quantitative estimate of drug-likeness (QED) is 0.527. The molecule has 0 amide bonds. The van der Waals surface area contributed by atoms with Gasteiger partial charge in [0, 0.05) is 19.6 Å². The normalized spacial score (nSPS) is 27.4. The molecule has 2 nitrogen and oxygen atoms in total. The van der Waals surface area contributed by atoms with E-state index in [0.717, 1.165) is 13.1 Å². The largest absolute Gasteiger partial charge is 0.388 e. The Labute approximate surface area is 50.1 Å². The first-order valence-electron chi connectivity index (χ1n) is 2.90. The van der Waals surface area contributed by atoms with Crippen LogP contribution >= 0.6 is 0 Å². The molecule has 1 heterocycles. The Hall–Kier alpha value is -0.0800. The van der Waals surface area contributed by atoms with Gasteiger partial charge >= 0.3 is 0 Å².